The molecule has 1 aliphatic heterocycles. The normalized spacial score (nSPS) is 23.6. The van der Waals surface area contributed by atoms with Gasteiger partial charge in [0.05, 0.1) is 18.8 Å². The zero-order chi connectivity index (χ0) is 23.0. The Kier molecular flexibility index (Phi) is 6.10. The van der Waals surface area contributed by atoms with E-state index in [4.69, 9.17) is 14.5 Å². The third kappa shape index (κ3) is 4.43. The van der Waals surface area contributed by atoms with Crippen molar-refractivity contribution in [1.82, 2.24) is 14.1 Å². The number of phosphoric ester groups is 1. The third-order valence-electron chi connectivity index (χ3n) is 5.18. The molecule has 1 saturated heterocycles. The van der Waals surface area contributed by atoms with Crippen LogP contribution in [0.3, 0.4) is 0 Å². The van der Waals surface area contributed by atoms with Crippen LogP contribution in [-0.4, -0.2) is 59.0 Å². The number of aliphatic hydroxyl groups is 2. The maximum atomic E-state index is 13.1. The highest BCUT2D eigenvalue weighted by atomic mass is 31.2. The van der Waals surface area contributed by atoms with Crippen molar-refractivity contribution in [2.45, 2.75) is 31.1 Å². The lowest BCUT2D eigenvalue weighted by Gasteiger charge is -2.19. The van der Waals surface area contributed by atoms with Crippen molar-refractivity contribution in [3.05, 3.63) is 75.3 Å². The van der Waals surface area contributed by atoms with Gasteiger partial charge in [-0.05, 0) is 11.5 Å². The highest BCUT2D eigenvalue weighted by Crippen LogP contribution is 2.38. The molecule has 0 bridgehead atoms. The fraction of sp³-hybridized carbons (Fsp3) is 0.316. The van der Waals surface area contributed by atoms with Crippen LogP contribution < -0.4 is 11.2 Å². The fourth-order valence-electron chi connectivity index (χ4n) is 3.60. The average molecular weight is 465 g/mol. The molecule has 0 aliphatic carbocycles. The molecule has 13 heteroatoms. The standard InChI is InChI=1S/C19H20N3O9P/c23-15-6-8-21(18-17(25)16(24)14(31-18)10-30-32(27,28)29)19(26)22(15)9-13-12-4-2-1-3-11(12)5-7-20-13/h1-8,14,16-18,24-25H,9-10H2,(H2,27,28,29)/t14-,16+,17+,18-/m1/s1. The molecular weight excluding hydrogens is 445 g/mol. The van der Waals surface area contributed by atoms with Gasteiger partial charge in [-0.25, -0.2) is 9.36 Å². The monoisotopic (exact) mass is 465 g/mol. The second-order valence-electron chi connectivity index (χ2n) is 7.24. The van der Waals surface area contributed by atoms with Gasteiger partial charge in [-0.2, -0.15) is 0 Å². The Hall–Kier alpha value is -2.70. The van der Waals surface area contributed by atoms with Crippen molar-refractivity contribution in [2.75, 3.05) is 6.61 Å². The molecule has 1 fully saturated rings. The molecule has 32 heavy (non-hydrogen) atoms. The van der Waals surface area contributed by atoms with E-state index in [-0.39, 0.29) is 6.54 Å². The summed E-state index contributed by atoms with van der Waals surface area (Å²) in [5.41, 5.74) is -0.934. The number of nitrogens with zero attached hydrogens (tertiary/aromatic N) is 3. The van der Waals surface area contributed by atoms with Crippen LogP contribution in [0.4, 0.5) is 0 Å². The quantitative estimate of drug-likeness (QED) is 0.342. The first-order valence-corrected chi connectivity index (χ1v) is 11.0. The molecule has 2 aromatic heterocycles. The van der Waals surface area contributed by atoms with E-state index in [9.17, 15) is 24.4 Å². The molecule has 0 radical (unpaired) electrons. The van der Waals surface area contributed by atoms with Crippen LogP contribution in [-0.2, 0) is 20.4 Å². The minimum absolute atomic E-state index is 0.143. The molecule has 0 unspecified atom stereocenters. The maximum Gasteiger partial charge on any atom is 0.469 e. The van der Waals surface area contributed by atoms with Crippen molar-refractivity contribution < 1.29 is 33.8 Å². The zero-order valence-corrected chi connectivity index (χ0v) is 17.4. The summed E-state index contributed by atoms with van der Waals surface area (Å²) in [5.74, 6) is 0. The van der Waals surface area contributed by atoms with Crippen LogP contribution in [0, 0.1) is 0 Å². The van der Waals surface area contributed by atoms with Gasteiger partial charge in [-0.15, -0.1) is 0 Å². The van der Waals surface area contributed by atoms with E-state index in [0.717, 1.165) is 32.2 Å². The molecule has 0 amide bonds. The Morgan fingerprint density at radius 1 is 1.09 bits per heavy atom. The molecule has 3 aromatic rings. The van der Waals surface area contributed by atoms with Crippen LogP contribution in [0.5, 0.6) is 0 Å². The summed E-state index contributed by atoms with van der Waals surface area (Å²) in [4.78, 5) is 47.4. The van der Waals surface area contributed by atoms with Gasteiger partial charge in [0.1, 0.15) is 18.3 Å². The minimum Gasteiger partial charge on any atom is -0.387 e. The number of aromatic nitrogens is 3. The number of hydrogen-bond donors (Lipinski definition) is 4. The van der Waals surface area contributed by atoms with Crippen molar-refractivity contribution in [1.29, 1.82) is 0 Å². The van der Waals surface area contributed by atoms with Crippen LogP contribution in [0.25, 0.3) is 10.8 Å². The highest BCUT2D eigenvalue weighted by molar-refractivity contribution is 7.46. The van der Waals surface area contributed by atoms with Gasteiger partial charge in [0.2, 0.25) is 0 Å². The summed E-state index contributed by atoms with van der Waals surface area (Å²) >= 11 is 0. The second kappa shape index (κ2) is 8.68. The SMILES string of the molecule is O=c1ccn([C@@H]2O[C@H](COP(=O)(O)O)[C@H](O)[C@@H]2O)c(=O)n1Cc1nccc2ccccc12. The van der Waals surface area contributed by atoms with E-state index in [0.29, 0.717) is 5.69 Å². The van der Waals surface area contributed by atoms with Crippen LogP contribution >= 0.6 is 7.82 Å². The summed E-state index contributed by atoms with van der Waals surface area (Å²) in [5, 5.41) is 22.1. The first-order chi connectivity index (χ1) is 15.2. The summed E-state index contributed by atoms with van der Waals surface area (Å²) in [6.45, 7) is -0.858. The van der Waals surface area contributed by atoms with E-state index in [1.807, 2.05) is 24.3 Å². The lowest BCUT2D eigenvalue weighted by Crippen LogP contribution is -2.43. The number of aliphatic hydroxyl groups excluding tert-OH is 2. The molecule has 12 nitrogen and oxygen atoms in total. The Bertz CT molecular complexity index is 1300. The van der Waals surface area contributed by atoms with Gasteiger partial charge in [0.15, 0.2) is 6.23 Å². The number of pyridine rings is 1. The molecule has 1 aromatic carbocycles. The Labute approximate surface area is 180 Å². The molecule has 0 saturated carbocycles. The number of rotatable bonds is 6. The van der Waals surface area contributed by atoms with Gasteiger partial charge in [-0.1, -0.05) is 24.3 Å². The lowest BCUT2D eigenvalue weighted by molar-refractivity contribution is -0.0548. The first kappa shape index (κ1) is 22.5. The molecule has 170 valence electrons. The molecule has 0 spiro atoms. The van der Waals surface area contributed by atoms with Crippen LogP contribution in [0.15, 0.2) is 58.4 Å². The smallest absolute Gasteiger partial charge is 0.387 e. The summed E-state index contributed by atoms with van der Waals surface area (Å²) in [6, 6.07) is 10.3. The average Bonchev–Trinajstić information content (AvgIpc) is 3.03. The summed E-state index contributed by atoms with van der Waals surface area (Å²) in [6.07, 6.45) is -3.23. The molecule has 4 atom stereocenters. The van der Waals surface area contributed by atoms with Crippen molar-refractivity contribution in [2.24, 2.45) is 0 Å². The molecular formula is C19H20N3O9P. The number of hydrogen-bond acceptors (Lipinski definition) is 8. The van der Waals surface area contributed by atoms with Gasteiger partial charge >= 0.3 is 13.5 Å². The fourth-order valence-corrected chi connectivity index (χ4v) is 3.94. The van der Waals surface area contributed by atoms with E-state index < -0.39 is 50.2 Å². The van der Waals surface area contributed by atoms with Crippen LogP contribution in [0.2, 0.25) is 0 Å². The molecule has 3 heterocycles. The van der Waals surface area contributed by atoms with E-state index in [2.05, 4.69) is 9.51 Å². The maximum absolute atomic E-state index is 13.1. The van der Waals surface area contributed by atoms with Gasteiger partial charge < -0.3 is 24.7 Å². The predicted molar refractivity (Wildman–Crippen MR) is 110 cm³/mol. The van der Waals surface area contributed by atoms with Crippen molar-refractivity contribution >= 4 is 18.6 Å². The minimum atomic E-state index is -4.83. The largest absolute Gasteiger partial charge is 0.469 e. The van der Waals surface area contributed by atoms with Gasteiger partial charge in [0, 0.05) is 23.8 Å². The number of phosphoric acid groups is 1. The van der Waals surface area contributed by atoms with Crippen molar-refractivity contribution in [3.63, 3.8) is 0 Å². The summed E-state index contributed by atoms with van der Waals surface area (Å²) in [7, 11) is -4.83. The van der Waals surface area contributed by atoms with Crippen LogP contribution in [0.1, 0.15) is 11.9 Å². The molecule has 4 N–H and O–H groups in total. The summed E-state index contributed by atoms with van der Waals surface area (Å²) < 4.78 is 22.5. The number of ether oxygens (including phenoxy) is 1. The Morgan fingerprint density at radius 2 is 1.84 bits per heavy atom. The third-order valence-corrected chi connectivity index (χ3v) is 5.66. The van der Waals surface area contributed by atoms with E-state index in [1.165, 1.54) is 0 Å². The zero-order valence-electron chi connectivity index (χ0n) is 16.5. The van der Waals surface area contributed by atoms with Gasteiger partial charge in [0.25, 0.3) is 5.56 Å². The Morgan fingerprint density at radius 3 is 2.59 bits per heavy atom. The highest BCUT2D eigenvalue weighted by Gasteiger charge is 2.45. The van der Waals surface area contributed by atoms with E-state index >= 15 is 0 Å². The molecule has 1 aliphatic rings. The number of benzene rings is 1. The Balaban J connectivity index is 1.66. The van der Waals surface area contributed by atoms with Gasteiger partial charge in [-0.3, -0.25) is 23.4 Å². The number of fused-ring (bicyclic) bond motifs is 1. The topological polar surface area (TPSA) is 173 Å². The van der Waals surface area contributed by atoms with E-state index in [1.54, 1.807) is 12.3 Å². The van der Waals surface area contributed by atoms with Crippen molar-refractivity contribution in [3.8, 4) is 0 Å². The second-order valence-corrected chi connectivity index (χ2v) is 8.48. The predicted octanol–water partition coefficient (Wildman–Crippen LogP) is -0.665. The lowest BCUT2D eigenvalue weighted by atomic mass is 10.1. The first-order valence-electron chi connectivity index (χ1n) is 9.52. The molecule has 4 rings (SSSR count).